The first-order valence-corrected chi connectivity index (χ1v) is 16.0. The quantitative estimate of drug-likeness (QED) is 0.223. The first-order chi connectivity index (χ1) is 19.7. The number of likely N-dealkylation sites (N-methyl/N-ethyl adjacent to an activating group) is 1. The molecule has 2 fully saturated rings. The molecule has 232 valence electrons. The number of carbonyl (C=O) groups excluding carboxylic acids is 2. The highest BCUT2D eigenvalue weighted by molar-refractivity contribution is 6.30. The number of nitrogens with zero attached hydrogens (tertiary/aromatic N) is 1. The molecule has 1 aliphatic heterocycles. The summed E-state index contributed by atoms with van der Waals surface area (Å²) in [7, 11) is 3.59. The summed E-state index contributed by atoms with van der Waals surface area (Å²) in [5.41, 5.74) is -0.607. The Balaban J connectivity index is 1.88. The Bertz CT molecular complexity index is 974. The first kappa shape index (κ1) is 33.6. The van der Waals surface area contributed by atoms with Gasteiger partial charge in [0.25, 0.3) is 0 Å². The summed E-state index contributed by atoms with van der Waals surface area (Å²) < 4.78 is 21.1. The molecule has 1 aromatic rings. The molecule has 1 unspecified atom stereocenters. The third kappa shape index (κ3) is 9.29. The standard InChI is InChI=1S/C32H52ClFN4O3/c1-23(2)30(39)37-32(17-8-9-19-41-4,27-15-10-16-28(33)29(27)34)25-14-11-18-38(22-25)31(40)36-26(21-35-3)20-24-12-6-5-7-13-24/h10,15-16,23-26,35H,5-9,11-14,17-22H2,1-4H3,(H,36,40)(H,37,39)/t25?,26-,32-/m0/s1. The number of hydrogen-bond donors (Lipinski definition) is 3. The minimum atomic E-state index is -1.00. The number of unbranched alkanes of at least 4 members (excludes halogenated alkanes) is 1. The molecule has 1 saturated heterocycles. The highest BCUT2D eigenvalue weighted by Gasteiger charge is 2.46. The third-order valence-electron chi connectivity index (χ3n) is 9.00. The zero-order valence-corrected chi connectivity index (χ0v) is 26.3. The Morgan fingerprint density at radius 2 is 1.90 bits per heavy atom. The Labute approximate surface area is 251 Å². The normalized spacial score (nSPS) is 20.5. The minimum Gasteiger partial charge on any atom is -0.385 e. The number of nitrogens with one attached hydrogen (secondary N) is 3. The number of likely N-dealkylation sites (tertiary alicyclic amines) is 1. The summed E-state index contributed by atoms with van der Waals surface area (Å²) in [6.07, 6.45) is 10.9. The van der Waals surface area contributed by atoms with Gasteiger partial charge in [-0.3, -0.25) is 4.79 Å². The van der Waals surface area contributed by atoms with Crippen LogP contribution in [0.1, 0.15) is 90.0 Å². The van der Waals surface area contributed by atoms with Gasteiger partial charge >= 0.3 is 6.03 Å². The van der Waals surface area contributed by atoms with Gasteiger partial charge in [-0.2, -0.15) is 0 Å². The summed E-state index contributed by atoms with van der Waals surface area (Å²) in [5.74, 6) is -0.456. The average Bonchev–Trinajstić information content (AvgIpc) is 2.96. The molecule has 1 aromatic carbocycles. The van der Waals surface area contributed by atoms with Crippen molar-refractivity contribution in [3.8, 4) is 0 Å². The second-order valence-electron chi connectivity index (χ2n) is 12.4. The van der Waals surface area contributed by atoms with Crippen molar-refractivity contribution in [2.45, 2.75) is 96.1 Å². The molecule has 3 rings (SSSR count). The summed E-state index contributed by atoms with van der Waals surface area (Å²) in [6.45, 7) is 6.05. The van der Waals surface area contributed by atoms with Gasteiger partial charge < -0.3 is 25.6 Å². The molecule has 3 amide bonds. The summed E-state index contributed by atoms with van der Waals surface area (Å²) in [4.78, 5) is 28.8. The van der Waals surface area contributed by atoms with Crippen LogP contribution in [0.25, 0.3) is 0 Å². The maximum atomic E-state index is 15.8. The van der Waals surface area contributed by atoms with Crippen LogP contribution in [-0.4, -0.2) is 63.3 Å². The number of benzene rings is 1. The summed E-state index contributed by atoms with van der Waals surface area (Å²) >= 11 is 6.30. The second kappa shape index (κ2) is 16.7. The van der Waals surface area contributed by atoms with Gasteiger partial charge in [0.15, 0.2) is 0 Å². The topological polar surface area (TPSA) is 82.7 Å². The second-order valence-corrected chi connectivity index (χ2v) is 12.8. The van der Waals surface area contributed by atoms with E-state index in [0.29, 0.717) is 37.6 Å². The number of halogens is 2. The van der Waals surface area contributed by atoms with Crippen LogP contribution in [0.5, 0.6) is 0 Å². The molecule has 0 bridgehead atoms. The number of hydrogen-bond acceptors (Lipinski definition) is 4. The fourth-order valence-electron chi connectivity index (χ4n) is 6.75. The predicted octanol–water partition coefficient (Wildman–Crippen LogP) is 6.24. The van der Waals surface area contributed by atoms with E-state index in [1.807, 2.05) is 25.8 Å². The number of rotatable bonds is 14. The monoisotopic (exact) mass is 594 g/mol. The summed E-state index contributed by atoms with van der Waals surface area (Å²) in [6, 6.07) is 4.99. The largest absolute Gasteiger partial charge is 0.385 e. The van der Waals surface area contributed by atoms with Gasteiger partial charge in [0.2, 0.25) is 5.91 Å². The maximum Gasteiger partial charge on any atom is 0.317 e. The Morgan fingerprint density at radius 1 is 1.15 bits per heavy atom. The van der Waals surface area contributed by atoms with Crippen LogP contribution < -0.4 is 16.0 Å². The van der Waals surface area contributed by atoms with Gasteiger partial charge in [0, 0.05) is 56.8 Å². The van der Waals surface area contributed by atoms with Crippen molar-refractivity contribution in [1.82, 2.24) is 20.9 Å². The van der Waals surface area contributed by atoms with Crippen LogP contribution in [0.15, 0.2) is 18.2 Å². The number of methoxy groups -OCH3 is 1. The van der Waals surface area contributed by atoms with Gasteiger partial charge in [-0.25, -0.2) is 9.18 Å². The van der Waals surface area contributed by atoms with Crippen molar-refractivity contribution in [1.29, 1.82) is 0 Å². The third-order valence-corrected chi connectivity index (χ3v) is 9.29. The smallest absolute Gasteiger partial charge is 0.317 e. The van der Waals surface area contributed by atoms with E-state index in [4.69, 9.17) is 16.3 Å². The van der Waals surface area contributed by atoms with E-state index >= 15 is 4.39 Å². The zero-order valence-electron chi connectivity index (χ0n) is 25.6. The molecule has 1 heterocycles. The van der Waals surface area contributed by atoms with Crippen molar-refractivity contribution in [2.24, 2.45) is 17.8 Å². The molecule has 2 aliphatic rings. The van der Waals surface area contributed by atoms with E-state index in [2.05, 4.69) is 16.0 Å². The lowest BCUT2D eigenvalue weighted by Gasteiger charge is -2.47. The number of amides is 3. The van der Waals surface area contributed by atoms with Gasteiger partial charge in [-0.15, -0.1) is 0 Å². The highest BCUT2D eigenvalue weighted by Crippen LogP contribution is 2.42. The maximum absolute atomic E-state index is 15.8. The van der Waals surface area contributed by atoms with Crippen LogP contribution in [-0.2, 0) is 15.1 Å². The SMILES string of the molecule is CNC[C@H](CC1CCCCC1)NC(=O)N1CCCC([C@](CCCCOC)(NC(=O)C(C)C)c2cccc(Cl)c2F)C1. The molecule has 3 atom stereocenters. The van der Waals surface area contributed by atoms with Crippen LogP contribution in [0, 0.1) is 23.6 Å². The van der Waals surface area contributed by atoms with Gasteiger partial charge in [0.05, 0.1) is 10.6 Å². The van der Waals surface area contributed by atoms with Crippen molar-refractivity contribution in [2.75, 3.05) is 40.4 Å². The van der Waals surface area contributed by atoms with Crippen molar-refractivity contribution >= 4 is 23.5 Å². The molecule has 3 N–H and O–H groups in total. The lowest BCUT2D eigenvalue weighted by Crippen LogP contribution is -2.59. The molecule has 7 nitrogen and oxygen atoms in total. The Kier molecular flexibility index (Phi) is 13.7. The lowest BCUT2D eigenvalue weighted by molar-refractivity contribution is -0.127. The van der Waals surface area contributed by atoms with Crippen LogP contribution in [0.3, 0.4) is 0 Å². The van der Waals surface area contributed by atoms with E-state index in [1.54, 1.807) is 19.2 Å². The highest BCUT2D eigenvalue weighted by atomic mass is 35.5. The molecular weight excluding hydrogens is 543 g/mol. The fourth-order valence-corrected chi connectivity index (χ4v) is 6.92. The van der Waals surface area contributed by atoms with E-state index in [0.717, 1.165) is 38.6 Å². The molecule has 1 saturated carbocycles. The van der Waals surface area contributed by atoms with E-state index in [1.165, 1.54) is 38.2 Å². The molecule has 0 spiro atoms. The van der Waals surface area contributed by atoms with E-state index in [9.17, 15) is 9.59 Å². The molecule has 1 aliphatic carbocycles. The van der Waals surface area contributed by atoms with Crippen molar-refractivity contribution in [3.63, 3.8) is 0 Å². The molecule has 41 heavy (non-hydrogen) atoms. The van der Waals surface area contributed by atoms with Crippen LogP contribution >= 0.6 is 11.6 Å². The zero-order chi connectivity index (χ0) is 29.8. The van der Waals surface area contributed by atoms with Gasteiger partial charge in [0.1, 0.15) is 5.82 Å². The predicted molar refractivity (Wildman–Crippen MR) is 164 cm³/mol. The number of carbonyl (C=O) groups is 2. The summed E-state index contributed by atoms with van der Waals surface area (Å²) in [5, 5.41) is 9.89. The number of urea groups is 1. The van der Waals surface area contributed by atoms with Crippen LogP contribution in [0.4, 0.5) is 9.18 Å². The van der Waals surface area contributed by atoms with Gasteiger partial charge in [-0.1, -0.05) is 69.7 Å². The minimum absolute atomic E-state index is 0.0330. The number of ether oxygens (including phenoxy) is 1. The lowest BCUT2D eigenvalue weighted by atomic mass is 9.70. The van der Waals surface area contributed by atoms with E-state index < -0.39 is 11.4 Å². The van der Waals surface area contributed by atoms with Crippen molar-refractivity contribution in [3.05, 3.63) is 34.6 Å². The fraction of sp³-hybridized carbons (Fsp3) is 0.750. The van der Waals surface area contributed by atoms with E-state index in [-0.39, 0.29) is 34.8 Å². The molecule has 9 heteroatoms. The molecule has 0 aromatic heterocycles. The number of piperidine rings is 1. The molecule has 0 radical (unpaired) electrons. The Morgan fingerprint density at radius 3 is 2.59 bits per heavy atom. The van der Waals surface area contributed by atoms with Crippen molar-refractivity contribution < 1.29 is 18.7 Å². The van der Waals surface area contributed by atoms with Gasteiger partial charge in [-0.05, 0) is 57.6 Å². The molecular formula is C32H52ClFN4O3. The average molecular weight is 595 g/mol. The first-order valence-electron chi connectivity index (χ1n) is 15.7. The Hall–Kier alpha value is -1.90. The van der Waals surface area contributed by atoms with Crippen LogP contribution in [0.2, 0.25) is 5.02 Å².